The fraction of sp³-hybridized carbons (Fsp3) is 0.185. The van der Waals surface area contributed by atoms with Gasteiger partial charge in [-0.25, -0.2) is 4.79 Å². The van der Waals surface area contributed by atoms with Crippen molar-refractivity contribution in [3.63, 3.8) is 0 Å². The second-order valence-electron chi connectivity index (χ2n) is 7.99. The fourth-order valence-corrected chi connectivity index (χ4v) is 4.05. The van der Waals surface area contributed by atoms with Crippen LogP contribution in [0.2, 0.25) is 0 Å². The summed E-state index contributed by atoms with van der Waals surface area (Å²) in [5.41, 5.74) is 3.26. The zero-order valence-corrected chi connectivity index (χ0v) is 18.9. The molecule has 7 heteroatoms. The van der Waals surface area contributed by atoms with Crippen molar-refractivity contribution in [2.75, 3.05) is 6.61 Å². The van der Waals surface area contributed by atoms with Gasteiger partial charge in [-0.2, -0.15) is 0 Å². The molecule has 1 aliphatic rings. The molecule has 1 atom stereocenters. The van der Waals surface area contributed by atoms with E-state index in [-0.39, 0.29) is 24.5 Å². The van der Waals surface area contributed by atoms with E-state index in [0.717, 1.165) is 16.7 Å². The summed E-state index contributed by atoms with van der Waals surface area (Å²) in [6.45, 7) is 4.06. The number of pyridine rings is 1. The topological polar surface area (TPSA) is 96.8 Å². The van der Waals surface area contributed by atoms with Crippen LogP contribution < -0.4 is 0 Å². The molecule has 34 heavy (non-hydrogen) atoms. The largest absolute Gasteiger partial charge is 0.507 e. The molecule has 1 saturated heterocycles. The summed E-state index contributed by atoms with van der Waals surface area (Å²) in [4.78, 5) is 43.6. The van der Waals surface area contributed by atoms with Gasteiger partial charge in [0.25, 0.3) is 11.7 Å². The van der Waals surface area contributed by atoms with E-state index < -0.39 is 23.7 Å². The van der Waals surface area contributed by atoms with Crippen molar-refractivity contribution in [3.8, 4) is 0 Å². The molecule has 1 fully saturated rings. The predicted octanol–water partition coefficient (Wildman–Crippen LogP) is 4.19. The SMILES string of the molecule is CCOC(=O)c1ccc(CN2C(=O)C(=O)/C(=C(/O)c3ccncc3)C2c2cccc(C)c2)cc1. The highest BCUT2D eigenvalue weighted by Crippen LogP contribution is 2.40. The Kier molecular flexibility index (Phi) is 6.54. The number of nitrogens with zero attached hydrogens (tertiary/aromatic N) is 2. The third-order valence-electron chi connectivity index (χ3n) is 5.67. The minimum atomic E-state index is -0.766. The maximum Gasteiger partial charge on any atom is 0.338 e. The minimum absolute atomic E-state index is 0.0324. The van der Waals surface area contributed by atoms with E-state index in [4.69, 9.17) is 4.74 Å². The first kappa shape index (κ1) is 22.9. The zero-order chi connectivity index (χ0) is 24.2. The number of hydrogen-bond acceptors (Lipinski definition) is 6. The average molecular weight is 456 g/mol. The number of rotatable bonds is 6. The van der Waals surface area contributed by atoms with Gasteiger partial charge in [-0.1, -0.05) is 42.0 Å². The summed E-state index contributed by atoms with van der Waals surface area (Å²) in [6, 6.07) is 16.6. The number of aliphatic hydroxyl groups excluding tert-OH is 1. The lowest BCUT2D eigenvalue weighted by atomic mass is 9.94. The van der Waals surface area contributed by atoms with Crippen molar-refractivity contribution >= 4 is 23.4 Å². The van der Waals surface area contributed by atoms with E-state index >= 15 is 0 Å². The molecule has 7 nitrogen and oxygen atoms in total. The molecular weight excluding hydrogens is 432 g/mol. The van der Waals surface area contributed by atoms with Crippen LogP contribution in [0.3, 0.4) is 0 Å². The van der Waals surface area contributed by atoms with Gasteiger partial charge in [0.1, 0.15) is 5.76 Å². The van der Waals surface area contributed by atoms with E-state index in [1.165, 1.54) is 17.3 Å². The second kappa shape index (κ2) is 9.70. The zero-order valence-electron chi connectivity index (χ0n) is 18.9. The van der Waals surface area contributed by atoms with Gasteiger partial charge in [-0.3, -0.25) is 14.6 Å². The van der Waals surface area contributed by atoms with Crippen molar-refractivity contribution in [3.05, 3.63) is 106 Å². The number of aliphatic hydroxyl groups is 1. The van der Waals surface area contributed by atoms with Gasteiger partial charge >= 0.3 is 5.97 Å². The van der Waals surface area contributed by atoms with Gasteiger partial charge in [-0.15, -0.1) is 0 Å². The van der Waals surface area contributed by atoms with Crippen molar-refractivity contribution in [2.45, 2.75) is 26.4 Å². The molecule has 1 aliphatic heterocycles. The highest BCUT2D eigenvalue weighted by Gasteiger charge is 2.46. The van der Waals surface area contributed by atoms with Crippen molar-refractivity contribution < 1.29 is 24.2 Å². The number of likely N-dealkylation sites (tertiary alicyclic amines) is 1. The van der Waals surface area contributed by atoms with Crippen LogP contribution in [0.25, 0.3) is 5.76 Å². The fourth-order valence-electron chi connectivity index (χ4n) is 4.05. The molecule has 0 radical (unpaired) electrons. The molecule has 0 spiro atoms. The molecule has 1 amide bonds. The Bertz CT molecular complexity index is 1270. The van der Waals surface area contributed by atoms with Crippen LogP contribution >= 0.6 is 0 Å². The number of Topliss-reactive ketones (excluding diaryl/α,β-unsaturated/α-hetero) is 1. The number of aryl methyl sites for hydroxylation is 1. The van der Waals surface area contributed by atoms with Crippen molar-refractivity contribution in [1.29, 1.82) is 0 Å². The van der Waals surface area contributed by atoms with E-state index in [1.54, 1.807) is 43.3 Å². The quantitative estimate of drug-likeness (QED) is 0.259. The number of ether oxygens (including phenoxy) is 1. The number of carbonyl (C=O) groups is 3. The molecule has 2 aromatic carbocycles. The van der Waals surface area contributed by atoms with Crippen LogP contribution in [0.5, 0.6) is 0 Å². The smallest absolute Gasteiger partial charge is 0.338 e. The van der Waals surface area contributed by atoms with Gasteiger partial charge in [0.05, 0.1) is 23.8 Å². The molecule has 1 aromatic heterocycles. The lowest BCUT2D eigenvalue weighted by molar-refractivity contribution is -0.140. The van der Waals surface area contributed by atoms with Gasteiger partial charge in [0, 0.05) is 24.5 Å². The van der Waals surface area contributed by atoms with E-state index in [9.17, 15) is 19.5 Å². The first-order valence-electron chi connectivity index (χ1n) is 10.9. The molecule has 1 unspecified atom stereocenters. The molecule has 172 valence electrons. The maximum atomic E-state index is 13.1. The number of amides is 1. The number of carbonyl (C=O) groups excluding carboxylic acids is 3. The monoisotopic (exact) mass is 456 g/mol. The third kappa shape index (κ3) is 4.45. The predicted molar refractivity (Wildman–Crippen MR) is 126 cm³/mol. The Morgan fingerprint density at radius 3 is 2.38 bits per heavy atom. The Labute approximate surface area is 197 Å². The molecule has 1 N–H and O–H groups in total. The second-order valence-corrected chi connectivity index (χ2v) is 7.99. The molecule has 0 saturated carbocycles. The van der Waals surface area contributed by atoms with Gasteiger partial charge < -0.3 is 14.7 Å². The Morgan fingerprint density at radius 2 is 1.74 bits per heavy atom. The number of benzene rings is 2. The van der Waals surface area contributed by atoms with Crippen molar-refractivity contribution in [1.82, 2.24) is 9.88 Å². The van der Waals surface area contributed by atoms with Crippen LogP contribution in [0.1, 0.15) is 45.6 Å². The van der Waals surface area contributed by atoms with E-state index in [1.807, 2.05) is 31.2 Å². The third-order valence-corrected chi connectivity index (χ3v) is 5.67. The van der Waals surface area contributed by atoms with Gasteiger partial charge in [-0.05, 0) is 49.2 Å². The summed E-state index contributed by atoms with van der Waals surface area (Å²) in [5.74, 6) is -2.11. The summed E-state index contributed by atoms with van der Waals surface area (Å²) in [7, 11) is 0. The van der Waals surface area contributed by atoms with Crippen LogP contribution in [0.4, 0.5) is 0 Å². The Morgan fingerprint density at radius 1 is 1.03 bits per heavy atom. The molecule has 0 aliphatic carbocycles. The molecule has 3 aromatic rings. The Balaban J connectivity index is 1.76. The van der Waals surface area contributed by atoms with Crippen LogP contribution in [0, 0.1) is 6.92 Å². The summed E-state index contributed by atoms with van der Waals surface area (Å²) < 4.78 is 5.01. The standard InChI is InChI=1S/C27H24N2O5/c1-3-34-27(33)20-9-7-18(8-10-20)16-29-23(21-6-4-5-17(2)15-21)22(25(31)26(29)32)24(30)19-11-13-28-14-12-19/h4-15,23,30H,3,16H2,1-2H3/b24-22+. The van der Waals surface area contributed by atoms with Crippen LogP contribution in [-0.4, -0.2) is 39.3 Å². The number of ketones is 1. The molecule has 2 heterocycles. The van der Waals surface area contributed by atoms with Crippen LogP contribution in [0.15, 0.2) is 78.6 Å². The maximum absolute atomic E-state index is 13.1. The lowest BCUT2D eigenvalue weighted by Gasteiger charge is -2.26. The summed E-state index contributed by atoms with van der Waals surface area (Å²) in [6.07, 6.45) is 3.02. The number of hydrogen-bond donors (Lipinski definition) is 1. The Hall–Kier alpha value is -4.26. The number of aromatic nitrogens is 1. The molecular formula is C27H24N2O5. The lowest BCUT2D eigenvalue weighted by Crippen LogP contribution is -2.29. The van der Waals surface area contributed by atoms with Gasteiger partial charge in [0.15, 0.2) is 0 Å². The van der Waals surface area contributed by atoms with E-state index in [0.29, 0.717) is 11.1 Å². The highest BCUT2D eigenvalue weighted by molar-refractivity contribution is 6.46. The van der Waals surface area contributed by atoms with E-state index in [2.05, 4.69) is 4.98 Å². The summed E-state index contributed by atoms with van der Waals surface area (Å²) >= 11 is 0. The minimum Gasteiger partial charge on any atom is -0.507 e. The average Bonchev–Trinajstić information content (AvgIpc) is 3.09. The number of esters is 1. The summed E-state index contributed by atoms with van der Waals surface area (Å²) in [5, 5.41) is 11.0. The molecule has 4 rings (SSSR count). The van der Waals surface area contributed by atoms with Crippen molar-refractivity contribution in [2.24, 2.45) is 0 Å². The normalized spacial score (nSPS) is 17.1. The first-order valence-corrected chi connectivity index (χ1v) is 10.9. The van der Waals surface area contributed by atoms with Crippen LogP contribution in [-0.2, 0) is 20.9 Å². The van der Waals surface area contributed by atoms with Gasteiger partial charge in [0.2, 0.25) is 0 Å². The highest BCUT2D eigenvalue weighted by atomic mass is 16.5. The first-order chi connectivity index (χ1) is 16.4. The molecule has 0 bridgehead atoms.